The molecule has 0 spiro atoms. The molecular weight excluding hydrogens is 319 g/mol. The number of nitrogens with zero attached hydrogens (tertiary/aromatic N) is 4. The van der Waals surface area contributed by atoms with Crippen LogP contribution in [0.25, 0.3) is 17.3 Å². The van der Waals surface area contributed by atoms with E-state index in [0.717, 1.165) is 5.56 Å². The Bertz CT molecular complexity index is 1020. The number of aryl methyl sites for hydroxylation is 2. The summed E-state index contributed by atoms with van der Waals surface area (Å²) in [6.45, 7) is 1.69. The van der Waals surface area contributed by atoms with Crippen molar-refractivity contribution in [3.05, 3.63) is 65.4 Å². The molecule has 0 saturated carbocycles. The molecule has 7 heteroatoms. The maximum Gasteiger partial charge on any atom is 0.137 e. The zero-order valence-electron chi connectivity index (χ0n) is 13.7. The molecule has 0 radical (unpaired) electrons. The molecule has 0 aliphatic rings. The van der Waals surface area contributed by atoms with Crippen LogP contribution in [0.15, 0.2) is 36.8 Å². The number of benzene rings is 1. The smallest absolute Gasteiger partial charge is 0.137 e. The van der Waals surface area contributed by atoms with E-state index >= 15 is 0 Å². The van der Waals surface area contributed by atoms with Crippen molar-refractivity contribution in [3.8, 4) is 17.3 Å². The van der Waals surface area contributed by atoms with Crippen LogP contribution < -0.4 is 0 Å². The highest BCUT2D eigenvalue weighted by atomic mass is 19.1. The quantitative estimate of drug-likeness (QED) is 0.717. The molecule has 2 heterocycles. The van der Waals surface area contributed by atoms with Crippen molar-refractivity contribution in [1.29, 1.82) is 10.7 Å². The Labute approximate surface area is 143 Å². The first-order valence-corrected chi connectivity index (χ1v) is 7.49. The number of allylic oxidation sites excluding steroid dienone is 1. The molecule has 0 unspecified atom stereocenters. The number of rotatable bonds is 4. The zero-order chi connectivity index (χ0) is 18.0. The molecule has 3 rings (SSSR count). The van der Waals surface area contributed by atoms with E-state index in [1.165, 1.54) is 12.3 Å². The third-order valence-corrected chi connectivity index (χ3v) is 3.75. The number of imidazole rings is 2. The third kappa shape index (κ3) is 3.23. The molecule has 0 saturated heterocycles. The molecule has 2 N–H and O–H groups in total. The molecule has 0 aliphatic carbocycles. The minimum absolute atomic E-state index is 0.229. The monoisotopic (exact) mass is 334 g/mol. The van der Waals surface area contributed by atoms with Crippen LogP contribution in [0.2, 0.25) is 0 Å². The van der Waals surface area contributed by atoms with Gasteiger partial charge in [-0.3, -0.25) is 5.41 Å². The molecular formula is C18H15FN6. The predicted molar refractivity (Wildman–Crippen MR) is 92.5 cm³/mol. The topological polar surface area (TPSA) is 94.1 Å². The molecule has 6 nitrogen and oxygen atoms in total. The Morgan fingerprint density at radius 3 is 2.88 bits per heavy atom. The van der Waals surface area contributed by atoms with E-state index in [2.05, 4.69) is 15.0 Å². The first kappa shape index (κ1) is 16.3. The van der Waals surface area contributed by atoms with Gasteiger partial charge < -0.3 is 9.55 Å². The van der Waals surface area contributed by atoms with Crippen molar-refractivity contribution in [2.45, 2.75) is 6.92 Å². The van der Waals surface area contributed by atoms with Crippen molar-refractivity contribution in [3.63, 3.8) is 0 Å². The zero-order valence-corrected chi connectivity index (χ0v) is 13.7. The van der Waals surface area contributed by atoms with Crippen LogP contribution in [-0.2, 0) is 7.05 Å². The fourth-order valence-electron chi connectivity index (χ4n) is 2.47. The van der Waals surface area contributed by atoms with Crippen LogP contribution in [-0.4, -0.2) is 25.2 Å². The van der Waals surface area contributed by atoms with Gasteiger partial charge in [-0.1, -0.05) is 0 Å². The van der Waals surface area contributed by atoms with E-state index in [1.807, 2.05) is 6.07 Å². The number of hydrogen-bond donors (Lipinski definition) is 2. The summed E-state index contributed by atoms with van der Waals surface area (Å²) in [7, 11) is 1.80. The van der Waals surface area contributed by atoms with Gasteiger partial charge in [-0.2, -0.15) is 5.26 Å². The van der Waals surface area contributed by atoms with Gasteiger partial charge in [0.25, 0.3) is 0 Å². The van der Waals surface area contributed by atoms with Crippen LogP contribution in [0.3, 0.4) is 0 Å². The van der Waals surface area contributed by atoms with Crippen molar-refractivity contribution in [2.24, 2.45) is 7.05 Å². The Balaban J connectivity index is 1.94. The van der Waals surface area contributed by atoms with Gasteiger partial charge in [0.1, 0.15) is 23.4 Å². The summed E-state index contributed by atoms with van der Waals surface area (Å²) in [6, 6.07) is 6.72. The van der Waals surface area contributed by atoms with Gasteiger partial charge in [0.05, 0.1) is 29.6 Å². The number of H-pyrrole nitrogens is 1. The predicted octanol–water partition coefficient (Wildman–Crippen LogP) is 3.21. The van der Waals surface area contributed by atoms with Gasteiger partial charge in [0.2, 0.25) is 0 Å². The second-order valence-corrected chi connectivity index (χ2v) is 5.56. The lowest BCUT2D eigenvalue weighted by atomic mass is 10.0. The Hall–Kier alpha value is -3.53. The molecule has 0 aliphatic heterocycles. The van der Waals surface area contributed by atoms with E-state index in [1.54, 1.807) is 49.2 Å². The number of hydrogen-bond acceptors (Lipinski definition) is 4. The van der Waals surface area contributed by atoms with Crippen LogP contribution >= 0.6 is 0 Å². The molecule has 2 aromatic heterocycles. The Morgan fingerprint density at radius 2 is 2.20 bits per heavy atom. The molecule has 25 heavy (non-hydrogen) atoms. The standard InChI is InChI=1S/C18H15FN6/c1-11-7-12(3-4-14(11)19)17-18(25(2)10-23-17)15(21)5-6-16-22-9-13(8-20)24-16/h3-7,9-10,21H,1-2H3,(H,22,24)/b6-5-,21-15?. The summed E-state index contributed by atoms with van der Waals surface area (Å²) in [5, 5.41) is 17.1. The largest absolute Gasteiger partial charge is 0.332 e. The van der Waals surface area contributed by atoms with E-state index in [4.69, 9.17) is 10.7 Å². The minimum Gasteiger partial charge on any atom is -0.332 e. The highest BCUT2D eigenvalue weighted by Gasteiger charge is 2.15. The minimum atomic E-state index is -0.276. The molecule has 1 aromatic carbocycles. The number of aromatic amines is 1. The van der Waals surface area contributed by atoms with Crippen molar-refractivity contribution in [2.75, 3.05) is 0 Å². The second-order valence-electron chi connectivity index (χ2n) is 5.56. The fourth-order valence-corrected chi connectivity index (χ4v) is 2.47. The van der Waals surface area contributed by atoms with Crippen molar-refractivity contribution < 1.29 is 4.39 Å². The lowest BCUT2D eigenvalue weighted by molar-refractivity contribution is 0.619. The summed E-state index contributed by atoms with van der Waals surface area (Å²) < 4.78 is 15.2. The van der Waals surface area contributed by atoms with Crippen LogP contribution in [0.4, 0.5) is 4.39 Å². The Kier molecular flexibility index (Phi) is 4.27. The van der Waals surface area contributed by atoms with E-state index in [9.17, 15) is 4.39 Å². The average molecular weight is 334 g/mol. The van der Waals surface area contributed by atoms with Gasteiger partial charge in [-0.25, -0.2) is 14.4 Å². The third-order valence-electron chi connectivity index (χ3n) is 3.75. The summed E-state index contributed by atoms with van der Waals surface area (Å²) in [4.78, 5) is 11.2. The number of aromatic nitrogens is 4. The van der Waals surface area contributed by atoms with Gasteiger partial charge in [0.15, 0.2) is 0 Å². The summed E-state index contributed by atoms with van der Waals surface area (Å²) >= 11 is 0. The molecule has 124 valence electrons. The summed E-state index contributed by atoms with van der Waals surface area (Å²) in [5.41, 5.74) is 3.07. The molecule has 0 fully saturated rings. The fraction of sp³-hybridized carbons (Fsp3) is 0.111. The first-order valence-electron chi connectivity index (χ1n) is 7.49. The Morgan fingerprint density at radius 1 is 1.40 bits per heavy atom. The SMILES string of the molecule is Cc1cc(-c2ncn(C)c2C(=N)/C=C\c2ncc(C#N)[nH]2)ccc1F. The molecule has 0 amide bonds. The van der Waals surface area contributed by atoms with E-state index in [-0.39, 0.29) is 11.5 Å². The van der Waals surface area contributed by atoms with Crippen molar-refractivity contribution >= 4 is 11.8 Å². The number of halogens is 1. The maximum absolute atomic E-state index is 13.5. The van der Waals surface area contributed by atoms with E-state index in [0.29, 0.717) is 28.5 Å². The van der Waals surface area contributed by atoms with Crippen LogP contribution in [0.1, 0.15) is 22.8 Å². The highest BCUT2D eigenvalue weighted by molar-refractivity contribution is 6.10. The highest BCUT2D eigenvalue weighted by Crippen LogP contribution is 2.24. The number of nitriles is 1. The molecule has 3 aromatic rings. The van der Waals surface area contributed by atoms with Gasteiger partial charge in [-0.05, 0) is 42.8 Å². The van der Waals surface area contributed by atoms with Gasteiger partial charge in [-0.15, -0.1) is 0 Å². The van der Waals surface area contributed by atoms with Gasteiger partial charge >= 0.3 is 0 Å². The van der Waals surface area contributed by atoms with E-state index < -0.39 is 0 Å². The normalized spacial score (nSPS) is 11.0. The average Bonchev–Trinajstić information content (AvgIpc) is 3.21. The van der Waals surface area contributed by atoms with Crippen LogP contribution in [0.5, 0.6) is 0 Å². The maximum atomic E-state index is 13.5. The summed E-state index contributed by atoms with van der Waals surface area (Å²) in [6.07, 6.45) is 6.25. The van der Waals surface area contributed by atoms with Crippen LogP contribution in [0, 0.1) is 29.5 Å². The van der Waals surface area contributed by atoms with Crippen molar-refractivity contribution in [1.82, 2.24) is 19.5 Å². The lowest BCUT2D eigenvalue weighted by Crippen LogP contribution is -2.04. The second kappa shape index (κ2) is 6.53. The summed E-state index contributed by atoms with van der Waals surface area (Å²) in [5.74, 6) is 0.213. The lowest BCUT2D eigenvalue weighted by Gasteiger charge is -2.06. The van der Waals surface area contributed by atoms with Gasteiger partial charge in [0, 0.05) is 12.6 Å². The molecule has 0 atom stereocenters. The first-order chi connectivity index (χ1) is 12.0. The molecule has 0 bridgehead atoms. The number of nitrogens with one attached hydrogen (secondary N) is 2.